The summed E-state index contributed by atoms with van der Waals surface area (Å²) in [7, 11) is 0. The number of piperidine rings is 1. The van der Waals surface area contributed by atoms with E-state index in [1.165, 1.54) is 19.3 Å². The second-order valence-electron chi connectivity index (χ2n) is 8.18. The van der Waals surface area contributed by atoms with Crippen molar-refractivity contribution in [2.24, 2.45) is 11.8 Å². The van der Waals surface area contributed by atoms with E-state index >= 15 is 0 Å². The lowest BCUT2D eigenvalue weighted by Gasteiger charge is -2.48. The van der Waals surface area contributed by atoms with Crippen molar-refractivity contribution in [3.8, 4) is 0 Å². The zero-order valence-corrected chi connectivity index (χ0v) is 15.2. The molecule has 5 nitrogen and oxygen atoms in total. The van der Waals surface area contributed by atoms with E-state index in [1.807, 2.05) is 25.7 Å². The number of likely N-dealkylation sites (tertiary alicyclic amines) is 1. The monoisotopic (exact) mass is 324 g/mol. The van der Waals surface area contributed by atoms with Crippen molar-refractivity contribution in [3.63, 3.8) is 0 Å². The first-order valence-electron chi connectivity index (χ1n) is 8.99. The molecule has 1 aliphatic heterocycles. The van der Waals surface area contributed by atoms with Gasteiger partial charge in [-0.05, 0) is 58.8 Å². The average molecular weight is 324 g/mol. The largest absolute Gasteiger partial charge is 0.444 e. The van der Waals surface area contributed by atoms with Gasteiger partial charge in [-0.25, -0.2) is 4.79 Å². The van der Waals surface area contributed by atoms with Gasteiger partial charge in [-0.2, -0.15) is 0 Å². The summed E-state index contributed by atoms with van der Waals surface area (Å²) in [6, 6.07) is -0.191. The van der Waals surface area contributed by atoms with Gasteiger partial charge in [0.1, 0.15) is 11.6 Å². The summed E-state index contributed by atoms with van der Waals surface area (Å²) in [5.74, 6) is 1.34. The Morgan fingerprint density at radius 2 is 1.83 bits per heavy atom. The Bertz CT molecular complexity index is 444. The summed E-state index contributed by atoms with van der Waals surface area (Å²) in [4.78, 5) is 26.7. The Kier molecular flexibility index (Phi) is 5.58. The van der Waals surface area contributed by atoms with Gasteiger partial charge >= 0.3 is 6.09 Å². The van der Waals surface area contributed by atoms with Crippen molar-refractivity contribution in [3.05, 3.63) is 0 Å². The van der Waals surface area contributed by atoms with Crippen LogP contribution in [0.3, 0.4) is 0 Å². The minimum Gasteiger partial charge on any atom is -0.444 e. The molecule has 4 atom stereocenters. The van der Waals surface area contributed by atoms with Gasteiger partial charge in [0.2, 0.25) is 5.91 Å². The highest BCUT2D eigenvalue weighted by molar-refractivity contribution is 5.85. The molecule has 0 radical (unpaired) electrons. The maximum atomic E-state index is 12.8. The minimum absolute atomic E-state index is 0.0275. The third-order valence-electron chi connectivity index (χ3n) is 5.12. The van der Waals surface area contributed by atoms with Gasteiger partial charge in [0.15, 0.2) is 0 Å². The SMILES string of the molecule is C[C@@H]1CCN(C(=O)[C@@H](C)NC(=O)OC(C)(C)C)[C@H]2CCCC[C@H]12. The molecule has 1 aliphatic carbocycles. The zero-order chi connectivity index (χ0) is 17.2. The number of fused-ring (bicyclic) bond motifs is 1. The van der Waals surface area contributed by atoms with Gasteiger partial charge in [0, 0.05) is 12.6 Å². The first-order valence-corrected chi connectivity index (χ1v) is 8.99. The van der Waals surface area contributed by atoms with Gasteiger partial charge in [0.25, 0.3) is 0 Å². The normalized spacial score (nSPS) is 29.4. The number of rotatable bonds is 2. The second kappa shape index (κ2) is 7.10. The summed E-state index contributed by atoms with van der Waals surface area (Å²) in [5, 5.41) is 2.69. The highest BCUT2D eigenvalue weighted by Gasteiger charge is 2.40. The first-order chi connectivity index (χ1) is 10.7. The number of ether oxygens (including phenoxy) is 1. The first kappa shape index (κ1) is 18.1. The predicted molar refractivity (Wildman–Crippen MR) is 90.1 cm³/mol. The van der Waals surface area contributed by atoms with Crippen LogP contribution in [0.1, 0.15) is 66.7 Å². The molecule has 0 aromatic heterocycles. The lowest BCUT2D eigenvalue weighted by molar-refractivity contribution is -0.140. The van der Waals surface area contributed by atoms with Gasteiger partial charge in [-0.15, -0.1) is 0 Å². The molecule has 1 heterocycles. The van der Waals surface area contributed by atoms with Crippen LogP contribution >= 0.6 is 0 Å². The fourth-order valence-corrected chi connectivity index (χ4v) is 3.98. The second-order valence-corrected chi connectivity index (χ2v) is 8.18. The number of alkyl carbamates (subject to hydrolysis) is 1. The van der Waals surface area contributed by atoms with Crippen LogP contribution in [0.4, 0.5) is 4.79 Å². The minimum atomic E-state index is -0.554. The maximum Gasteiger partial charge on any atom is 0.408 e. The van der Waals surface area contributed by atoms with Crippen molar-refractivity contribution in [2.75, 3.05) is 6.54 Å². The number of hydrogen-bond acceptors (Lipinski definition) is 3. The van der Waals surface area contributed by atoms with Crippen LogP contribution < -0.4 is 5.32 Å². The number of carbonyl (C=O) groups excluding carboxylic acids is 2. The summed E-state index contributed by atoms with van der Waals surface area (Å²) < 4.78 is 5.25. The van der Waals surface area contributed by atoms with Crippen LogP contribution in [-0.4, -0.2) is 41.1 Å². The van der Waals surface area contributed by atoms with E-state index in [2.05, 4.69) is 12.2 Å². The molecule has 0 spiro atoms. The topological polar surface area (TPSA) is 58.6 Å². The van der Waals surface area contributed by atoms with Crippen molar-refractivity contribution in [2.45, 2.75) is 84.4 Å². The predicted octanol–water partition coefficient (Wildman–Crippen LogP) is 3.33. The number of nitrogens with zero attached hydrogens (tertiary/aromatic N) is 1. The zero-order valence-electron chi connectivity index (χ0n) is 15.2. The van der Waals surface area contributed by atoms with E-state index < -0.39 is 17.7 Å². The molecular formula is C18H32N2O3. The van der Waals surface area contributed by atoms with Crippen LogP contribution in [0, 0.1) is 11.8 Å². The molecule has 1 saturated heterocycles. The fraction of sp³-hybridized carbons (Fsp3) is 0.889. The van der Waals surface area contributed by atoms with E-state index in [0.29, 0.717) is 17.9 Å². The van der Waals surface area contributed by atoms with Crippen molar-refractivity contribution in [1.82, 2.24) is 10.2 Å². The molecule has 0 aromatic carbocycles. The lowest BCUT2D eigenvalue weighted by atomic mass is 9.72. The van der Waals surface area contributed by atoms with Gasteiger partial charge in [0.05, 0.1) is 0 Å². The number of nitrogens with one attached hydrogen (secondary N) is 1. The molecule has 5 heteroatoms. The molecule has 23 heavy (non-hydrogen) atoms. The summed E-state index contributed by atoms with van der Waals surface area (Å²) in [5.41, 5.74) is -0.554. The van der Waals surface area contributed by atoms with Crippen LogP contribution in [0.5, 0.6) is 0 Å². The van der Waals surface area contributed by atoms with E-state index in [1.54, 1.807) is 6.92 Å². The van der Waals surface area contributed by atoms with E-state index in [4.69, 9.17) is 4.74 Å². The fourth-order valence-electron chi connectivity index (χ4n) is 3.98. The average Bonchev–Trinajstić information content (AvgIpc) is 2.45. The third-order valence-corrected chi connectivity index (χ3v) is 5.12. The van der Waals surface area contributed by atoms with E-state index in [0.717, 1.165) is 19.4 Å². The lowest BCUT2D eigenvalue weighted by Crippen LogP contribution is -2.57. The van der Waals surface area contributed by atoms with Crippen LogP contribution in [0.2, 0.25) is 0 Å². The van der Waals surface area contributed by atoms with Gasteiger partial charge in [-0.3, -0.25) is 4.79 Å². The van der Waals surface area contributed by atoms with E-state index in [-0.39, 0.29) is 5.91 Å². The Hall–Kier alpha value is -1.26. The Morgan fingerprint density at radius 1 is 1.17 bits per heavy atom. The quantitative estimate of drug-likeness (QED) is 0.847. The molecule has 0 aromatic rings. The number of carbonyl (C=O) groups is 2. The van der Waals surface area contributed by atoms with Crippen LogP contribution in [0.15, 0.2) is 0 Å². The molecule has 132 valence electrons. The summed E-state index contributed by atoms with van der Waals surface area (Å²) in [6.07, 6.45) is 5.34. The number of amides is 2. The summed E-state index contributed by atoms with van der Waals surface area (Å²) in [6.45, 7) is 10.3. The molecular weight excluding hydrogens is 292 g/mol. The molecule has 2 rings (SSSR count). The highest BCUT2D eigenvalue weighted by atomic mass is 16.6. The van der Waals surface area contributed by atoms with Gasteiger partial charge < -0.3 is 15.0 Å². The molecule has 2 amide bonds. The van der Waals surface area contributed by atoms with Gasteiger partial charge in [-0.1, -0.05) is 19.8 Å². The summed E-state index contributed by atoms with van der Waals surface area (Å²) >= 11 is 0. The Labute approximate surface area is 140 Å². The maximum absolute atomic E-state index is 12.8. The van der Waals surface area contributed by atoms with E-state index in [9.17, 15) is 9.59 Å². The third kappa shape index (κ3) is 4.61. The highest BCUT2D eigenvalue weighted by Crippen LogP contribution is 2.38. The number of hydrogen-bond donors (Lipinski definition) is 1. The molecule has 1 N–H and O–H groups in total. The van der Waals surface area contributed by atoms with Crippen molar-refractivity contribution in [1.29, 1.82) is 0 Å². The Morgan fingerprint density at radius 3 is 2.48 bits per heavy atom. The van der Waals surface area contributed by atoms with Crippen molar-refractivity contribution >= 4 is 12.0 Å². The molecule has 1 saturated carbocycles. The smallest absolute Gasteiger partial charge is 0.408 e. The molecule has 0 unspecified atom stereocenters. The molecule has 2 aliphatic rings. The van der Waals surface area contributed by atoms with Crippen LogP contribution in [0.25, 0.3) is 0 Å². The molecule has 0 bridgehead atoms. The Balaban J connectivity index is 1.97. The van der Waals surface area contributed by atoms with Crippen LogP contribution in [-0.2, 0) is 9.53 Å². The molecule has 2 fully saturated rings. The van der Waals surface area contributed by atoms with Crippen molar-refractivity contribution < 1.29 is 14.3 Å². The standard InChI is InChI=1S/C18H32N2O3/c1-12-10-11-20(15-9-7-6-8-14(12)15)16(21)13(2)19-17(22)23-18(3,4)5/h12-15H,6-11H2,1-5H3,(H,19,22)/t12-,13-,14-,15+/m1/s1.